The zero-order valence-corrected chi connectivity index (χ0v) is 17.2. The van der Waals surface area contributed by atoms with Crippen LogP contribution in [0.4, 0.5) is 0 Å². The molecule has 3 aliphatic rings. The molecule has 0 amide bonds. The maximum atomic E-state index is 2.75. The van der Waals surface area contributed by atoms with E-state index in [1.807, 2.05) is 11.8 Å². The van der Waals surface area contributed by atoms with E-state index in [9.17, 15) is 0 Å². The van der Waals surface area contributed by atoms with Crippen molar-refractivity contribution in [2.24, 2.45) is 0 Å². The Morgan fingerprint density at radius 1 is 0.889 bits per heavy atom. The summed E-state index contributed by atoms with van der Waals surface area (Å²) in [5, 5.41) is 0. The molecule has 0 radical (unpaired) electrons. The van der Waals surface area contributed by atoms with Crippen LogP contribution in [0.3, 0.4) is 0 Å². The lowest BCUT2D eigenvalue weighted by Crippen LogP contribution is -2.46. The fraction of sp³-hybridized carbons (Fsp3) is 0.500. The molecular formula is C24H30N2S. The van der Waals surface area contributed by atoms with Gasteiger partial charge >= 0.3 is 0 Å². The molecule has 1 atom stereocenters. The van der Waals surface area contributed by atoms with Gasteiger partial charge in [-0.05, 0) is 61.1 Å². The second kappa shape index (κ2) is 7.62. The number of fused-ring (bicyclic) bond motifs is 2. The lowest BCUT2D eigenvalue weighted by molar-refractivity contribution is 0.110. The molecule has 1 saturated carbocycles. The molecule has 0 aromatic heterocycles. The lowest BCUT2D eigenvalue weighted by Gasteiger charge is -2.38. The van der Waals surface area contributed by atoms with E-state index in [0.717, 1.165) is 12.3 Å². The SMILES string of the molecule is CN1CCN(C2Cc3ccccc3Sc3ccc(C4CCCC4)cc32)CC1. The number of rotatable bonds is 2. The summed E-state index contributed by atoms with van der Waals surface area (Å²) in [4.78, 5) is 8.14. The summed E-state index contributed by atoms with van der Waals surface area (Å²) in [5.74, 6) is 0.791. The van der Waals surface area contributed by atoms with Crippen LogP contribution in [0, 0.1) is 0 Å². The van der Waals surface area contributed by atoms with Crippen molar-refractivity contribution in [1.82, 2.24) is 9.80 Å². The molecule has 1 unspecified atom stereocenters. The van der Waals surface area contributed by atoms with Gasteiger partial charge in [0.1, 0.15) is 0 Å². The molecule has 5 rings (SSSR count). The standard InChI is InChI=1S/C24H30N2S/c1-25-12-14-26(15-13-25)22-17-20-8-4-5-9-23(20)27-24-11-10-19(16-21(22)24)18-6-2-3-7-18/h4-5,8-11,16,18,22H,2-3,6-7,12-15,17H2,1H3. The van der Waals surface area contributed by atoms with Gasteiger partial charge in [0.15, 0.2) is 0 Å². The Balaban J connectivity index is 1.55. The first-order chi connectivity index (χ1) is 13.3. The summed E-state index contributed by atoms with van der Waals surface area (Å²) in [6.45, 7) is 4.73. The normalized spacial score (nSPS) is 24.4. The van der Waals surface area contributed by atoms with Gasteiger partial charge in [-0.15, -0.1) is 0 Å². The van der Waals surface area contributed by atoms with Gasteiger partial charge in [-0.1, -0.05) is 54.9 Å². The molecule has 0 bridgehead atoms. The van der Waals surface area contributed by atoms with Crippen molar-refractivity contribution < 1.29 is 0 Å². The summed E-state index contributed by atoms with van der Waals surface area (Å²) in [7, 11) is 2.25. The molecule has 27 heavy (non-hydrogen) atoms. The van der Waals surface area contributed by atoms with Crippen LogP contribution in [0.1, 0.15) is 54.3 Å². The third-order valence-corrected chi connectivity index (χ3v) is 8.01. The Bertz CT molecular complexity index is 804. The molecule has 0 N–H and O–H groups in total. The molecule has 2 fully saturated rings. The topological polar surface area (TPSA) is 6.48 Å². The van der Waals surface area contributed by atoms with Gasteiger partial charge in [-0.25, -0.2) is 0 Å². The first-order valence-corrected chi connectivity index (χ1v) is 11.4. The highest BCUT2D eigenvalue weighted by atomic mass is 32.2. The molecule has 2 aliphatic heterocycles. The van der Waals surface area contributed by atoms with Crippen LogP contribution in [0.5, 0.6) is 0 Å². The smallest absolute Gasteiger partial charge is 0.0401 e. The van der Waals surface area contributed by atoms with Gasteiger partial charge < -0.3 is 4.90 Å². The minimum atomic E-state index is 0.520. The van der Waals surface area contributed by atoms with Gasteiger partial charge in [-0.2, -0.15) is 0 Å². The van der Waals surface area contributed by atoms with Gasteiger partial charge in [0.05, 0.1) is 0 Å². The zero-order chi connectivity index (χ0) is 18.2. The molecule has 1 aliphatic carbocycles. The lowest BCUT2D eigenvalue weighted by atomic mass is 9.91. The molecule has 142 valence electrons. The number of likely N-dealkylation sites (N-methyl/N-ethyl adjacent to an activating group) is 1. The van der Waals surface area contributed by atoms with E-state index >= 15 is 0 Å². The minimum Gasteiger partial charge on any atom is -0.304 e. The fourth-order valence-corrected chi connectivity index (χ4v) is 6.22. The van der Waals surface area contributed by atoms with E-state index in [1.54, 1.807) is 11.1 Å². The van der Waals surface area contributed by atoms with Crippen LogP contribution < -0.4 is 0 Å². The first-order valence-electron chi connectivity index (χ1n) is 10.6. The summed E-state index contributed by atoms with van der Waals surface area (Å²) >= 11 is 1.99. The average molecular weight is 379 g/mol. The molecule has 2 aromatic carbocycles. The van der Waals surface area contributed by atoms with Gasteiger partial charge in [0.25, 0.3) is 0 Å². The maximum absolute atomic E-state index is 2.75. The van der Waals surface area contributed by atoms with E-state index in [1.165, 1.54) is 67.2 Å². The van der Waals surface area contributed by atoms with Crippen LogP contribution in [0.25, 0.3) is 0 Å². The summed E-state index contributed by atoms with van der Waals surface area (Å²) in [5.41, 5.74) is 4.70. The number of piperazine rings is 1. The van der Waals surface area contributed by atoms with Crippen molar-refractivity contribution in [1.29, 1.82) is 0 Å². The molecule has 2 aromatic rings. The van der Waals surface area contributed by atoms with Crippen molar-refractivity contribution in [3.8, 4) is 0 Å². The van der Waals surface area contributed by atoms with Gasteiger partial charge in [0, 0.05) is 42.0 Å². The van der Waals surface area contributed by atoms with E-state index in [-0.39, 0.29) is 0 Å². The van der Waals surface area contributed by atoms with E-state index in [2.05, 4.69) is 59.3 Å². The Hall–Kier alpha value is -1.29. The number of benzene rings is 2. The number of hydrogen-bond donors (Lipinski definition) is 0. The molecule has 3 heteroatoms. The van der Waals surface area contributed by atoms with E-state index < -0.39 is 0 Å². The van der Waals surface area contributed by atoms with Crippen molar-refractivity contribution >= 4 is 11.8 Å². The molecule has 2 heterocycles. The summed E-state index contributed by atoms with van der Waals surface area (Å²) in [6.07, 6.45) is 6.72. The monoisotopic (exact) mass is 378 g/mol. The van der Waals surface area contributed by atoms with Crippen LogP contribution in [0.15, 0.2) is 52.3 Å². The Morgan fingerprint density at radius 3 is 2.48 bits per heavy atom. The van der Waals surface area contributed by atoms with Crippen LogP contribution in [-0.4, -0.2) is 43.0 Å². The van der Waals surface area contributed by atoms with Crippen LogP contribution >= 0.6 is 11.8 Å². The van der Waals surface area contributed by atoms with Gasteiger partial charge in [0.2, 0.25) is 0 Å². The Kier molecular flexibility index (Phi) is 5.02. The van der Waals surface area contributed by atoms with Crippen molar-refractivity contribution in [2.45, 2.75) is 53.9 Å². The summed E-state index contributed by atoms with van der Waals surface area (Å²) < 4.78 is 0. The quantitative estimate of drug-likeness (QED) is 0.696. The summed E-state index contributed by atoms with van der Waals surface area (Å²) in [6, 6.07) is 17.0. The van der Waals surface area contributed by atoms with Gasteiger partial charge in [-0.3, -0.25) is 4.90 Å². The predicted octanol–water partition coefficient (Wildman–Crippen LogP) is 5.34. The third kappa shape index (κ3) is 3.57. The largest absolute Gasteiger partial charge is 0.304 e. The highest BCUT2D eigenvalue weighted by Crippen LogP contribution is 2.45. The third-order valence-electron chi connectivity index (χ3n) is 6.80. The molecule has 1 saturated heterocycles. The number of hydrogen-bond acceptors (Lipinski definition) is 3. The second-order valence-corrected chi connectivity index (χ2v) is 9.63. The van der Waals surface area contributed by atoms with Crippen LogP contribution in [-0.2, 0) is 6.42 Å². The fourth-order valence-electron chi connectivity index (χ4n) is 5.10. The minimum absolute atomic E-state index is 0.520. The first kappa shape index (κ1) is 17.8. The average Bonchev–Trinajstić information content (AvgIpc) is 3.18. The highest BCUT2D eigenvalue weighted by Gasteiger charge is 2.30. The molecule has 2 nitrogen and oxygen atoms in total. The molecular weight excluding hydrogens is 348 g/mol. The Labute approximate surface area is 167 Å². The highest BCUT2D eigenvalue weighted by molar-refractivity contribution is 7.99. The van der Waals surface area contributed by atoms with Crippen molar-refractivity contribution in [3.05, 3.63) is 59.2 Å². The predicted molar refractivity (Wildman–Crippen MR) is 114 cm³/mol. The second-order valence-electron chi connectivity index (χ2n) is 8.55. The van der Waals surface area contributed by atoms with Crippen molar-refractivity contribution in [2.75, 3.05) is 33.2 Å². The maximum Gasteiger partial charge on any atom is 0.0401 e. The van der Waals surface area contributed by atoms with Crippen LogP contribution in [0.2, 0.25) is 0 Å². The Morgan fingerprint density at radius 2 is 1.67 bits per heavy atom. The zero-order valence-electron chi connectivity index (χ0n) is 16.4. The molecule has 0 spiro atoms. The van der Waals surface area contributed by atoms with E-state index in [4.69, 9.17) is 0 Å². The van der Waals surface area contributed by atoms with Crippen molar-refractivity contribution in [3.63, 3.8) is 0 Å². The number of nitrogens with zero attached hydrogens (tertiary/aromatic N) is 2. The van der Waals surface area contributed by atoms with E-state index in [0.29, 0.717) is 6.04 Å².